The predicted octanol–water partition coefficient (Wildman–Crippen LogP) is 7.15. The summed E-state index contributed by atoms with van der Waals surface area (Å²) in [4.78, 5) is 10.6. The first kappa shape index (κ1) is 20.5. The lowest BCUT2D eigenvalue weighted by Gasteiger charge is -2.15. The number of halogens is 1. The molecule has 0 fully saturated rings. The summed E-state index contributed by atoms with van der Waals surface area (Å²) in [7, 11) is 0. The van der Waals surface area contributed by atoms with Gasteiger partial charge in [0.2, 0.25) is 0 Å². The summed E-state index contributed by atoms with van der Waals surface area (Å²) in [6.07, 6.45) is 3.35. The number of hydrogen-bond donors (Lipinski definition) is 2. The quantitative estimate of drug-likeness (QED) is 0.341. The zero-order chi connectivity index (χ0) is 21.8. The Morgan fingerprint density at radius 1 is 0.968 bits per heavy atom. The fraction of sp³-hybridized carbons (Fsp3) is 0.0385. The lowest BCUT2D eigenvalue weighted by molar-refractivity contribution is -0.135. The van der Waals surface area contributed by atoms with E-state index in [9.17, 15) is 9.90 Å². The topological polar surface area (TPSA) is 66.8 Å². The molecule has 154 valence electrons. The molecule has 0 amide bonds. The van der Waals surface area contributed by atoms with Crippen LogP contribution in [0.5, 0.6) is 17.2 Å². The maximum absolute atomic E-state index is 10.6. The Balaban J connectivity index is 1.73. The Hall–Kier alpha value is -3.76. The molecule has 0 saturated carbocycles. The van der Waals surface area contributed by atoms with E-state index in [1.54, 1.807) is 30.4 Å². The van der Waals surface area contributed by atoms with E-state index in [0.717, 1.165) is 27.5 Å². The number of carbonyl (C=O) groups is 1. The largest absolute Gasteiger partial charge is 0.506 e. The first-order valence-corrected chi connectivity index (χ1v) is 10.1. The molecule has 0 unspecified atom stereocenters. The number of fused-ring (bicyclic) bond motifs is 1. The zero-order valence-electron chi connectivity index (χ0n) is 16.5. The molecule has 0 aliphatic rings. The molecule has 0 radical (unpaired) electrons. The number of aromatic hydroxyl groups is 1. The van der Waals surface area contributed by atoms with Crippen molar-refractivity contribution >= 4 is 34.4 Å². The zero-order valence-corrected chi connectivity index (χ0v) is 17.2. The molecule has 5 heteroatoms. The van der Waals surface area contributed by atoms with Crippen molar-refractivity contribution in [2.75, 3.05) is 0 Å². The van der Waals surface area contributed by atoms with E-state index in [1.165, 1.54) is 0 Å². The first-order valence-electron chi connectivity index (χ1n) is 9.68. The van der Waals surface area contributed by atoms with E-state index < -0.39 is 5.97 Å². The number of carboxylic acid groups (broad SMARTS) is 1. The van der Waals surface area contributed by atoms with Crippen LogP contribution in [0.4, 0.5) is 0 Å². The maximum Gasteiger partial charge on any atom is 0.307 e. The number of benzene rings is 4. The molecule has 0 saturated heterocycles. The highest BCUT2D eigenvalue weighted by Gasteiger charge is 2.13. The second-order valence-electron chi connectivity index (χ2n) is 7.00. The van der Waals surface area contributed by atoms with Gasteiger partial charge in [0.25, 0.3) is 0 Å². The van der Waals surface area contributed by atoms with Gasteiger partial charge in [-0.2, -0.15) is 0 Å². The van der Waals surface area contributed by atoms with E-state index in [4.69, 9.17) is 21.4 Å². The van der Waals surface area contributed by atoms with Gasteiger partial charge in [-0.25, -0.2) is 0 Å². The van der Waals surface area contributed by atoms with Gasteiger partial charge in [0.15, 0.2) is 0 Å². The van der Waals surface area contributed by atoms with Crippen LogP contribution >= 0.6 is 11.6 Å². The SMILES string of the molecule is O=C(O)C/C=C/c1ccc(Oc2c(-c3ccc(O)c(Cl)c3)ccc3ccccc23)cc1. The van der Waals surface area contributed by atoms with E-state index in [2.05, 4.69) is 0 Å². The van der Waals surface area contributed by atoms with Gasteiger partial charge in [-0.05, 0) is 46.8 Å². The minimum absolute atomic E-state index is 0.0210. The minimum atomic E-state index is -0.867. The van der Waals surface area contributed by atoms with Crippen LogP contribution in [0.15, 0.2) is 84.9 Å². The lowest BCUT2D eigenvalue weighted by Crippen LogP contribution is -1.91. The number of phenolic OH excluding ortho intramolecular Hbond substituents is 1. The van der Waals surface area contributed by atoms with Gasteiger partial charge in [0.1, 0.15) is 17.2 Å². The predicted molar refractivity (Wildman–Crippen MR) is 124 cm³/mol. The molecule has 4 aromatic carbocycles. The van der Waals surface area contributed by atoms with Gasteiger partial charge in [-0.1, -0.05) is 72.3 Å². The van der Waals surface area contributed by atoms with Gasteiger partial charge >= 0.3 is 5.97 Å². The highest BCUT2D eigenvalue weighted by Crippen LogP contribution is 2.41. The Morgan fingerprint density at radius 2 is 1.74 bits per heavy atom. The summed E-state index contributed by atoms with van der Waals surface area (Å²) in [5.74, 6) is 0.501. The van der Waals surface area contributed by atoms with Gasteiger partial charge in [0.05, 0.1) is 11.4 Å². The molecular formula is C26H19ClO4. The number of hydrogen-bond acceptors (Lipinski definition) is 3. The Bertz CT molecular complexity index is 1280. The summed E-state index contributed by atoms with van der Waals surface area (Å²) in [6.45, 7) is 0. The normalized spacial score (nSPS) is 11.1. The number of carboxylic acids is 1. The smallest absolute Gasteiger partial charge is 0.307 e. The van der Waals surface area contributed by atoms with Crippen LogP contribution in [-0.4, -0.2) is 16.2 Å². The Kier molecular flexibility index (Phi) is 5.92. The molecule has 2 N–H and O–H groups in total. The van der Waals surface area contributed by atoms with Crippen molar-refractivity contribution in [3.05, 3.63) is 95.5 Å². The number of phenols is 1. The average molecular weight is 431 g/mol. The first-order chi connectivity index (χ1) is 15.0. The molecular weight excluding hydrogens is 412 g/mol. The van der Waals surface area contributed by atoms with Gasteiger partial charge in [-0.3, -0.25) is 4.79 Å². The van der Waals surface area contributed by atoms with Gasteiger partial charge in [0, 0.05) is 10.9 Å². The number of ether oxygens (including phenoxy) is 1. The molecule has 31 heavy (non-hydrogen) atoms. The third kappa shape index (κ3) is 4.71. The highest BCUT2D eigenvalue weighted by atomic mass is 35.5. The van der Waals surface area contributed by atoms with E-state index in [1.807, 2.05) is 60.7 Å². The Morgan fingerprint density at radius 3 is 2.48 bits per heavy atom. The summed E-state index contributed by atoms with van der Waals surface area (Å²) in [6, 6.07) is 24.5. The third-order valence-electron chi connectivity index (χ3n) is 4.84. The number of aliphatic carboxylic acids is 1. The van der Waals surface area contributed by atoms with Crippen molar-refractivity contribution in [2.45, 2.75) is 6.42 Å². The second kappa shape index (κ2) is 8.94. The van der Waals surface area contributed by atoms with Crippen molar-refractivity contribution in [3.8, 4) is 28.4 Å². The number of rotatable bonds is 6. The van der Waals surface area contributed by atoms with Gasteiger partial charge < -0.3 is 14.9 Å². The van der Waals surface area contributed by atoms with Crippen LogP contribution < -0.4 is 4.74 Å². The minimum Gasteiger partial charge on any atom is -0.506 e. The standard InChI is InChI=1S/C26H19ClO4/c27-23-16-19(11-15-24(23)28)22-14-10-18-5-1-2-6-21(18)26(22)31-20-12-8-17(9-13-20)4-3-7-25(29)30/h1-6,8-16,28H,7H2,(H,29,30)/b4-3+. The van der Waals surface area contributed by atoms with Crippen LogP contribution in [0.25, 0.3) is 28.0 Å². The molecule has 4 nitrogen and oxygen atoms in total. The molecule has 0 spiro atoms. The lowest BCUT2D eigenvalue weighted by atomic mass is 9.99. The molecule has 0 aromatic heterocycles. The second-order valence-corrected chi connectivity index (χ2v) is 7.41. The summed E-state index contributed by atoms with van der Waals surface area (Å²) < 4.78 is 6.32. The molecule has 0 heterocycles. The molecule has 4 aromatic rings. The fourth-order valence-corrected chi connectivity index (χ4v) is 3.50. The van der Waals surface area contributed by atoms with Gasteiger partial charge in [-0.15, -0.1) is 0 Å². The summed E-state index contributed by atoms with van der Waals surface area (Å²) in [5.41, 5.74) is 2.57. The monoisotopic (exact) mass is 430 g/mol. The fourth-order valence-electron chi connectivity index (χ4n) is 3.32. The van der Waals surface area contributed by atoms with Crippen LogP contribution in [0.1, 0.15) is 12.0 Å². The molecule has 0 atom stereocenters. The average Bonchev–Trinajstić information content (AvgIpc) is 2.77. The Labute approximate surface area is 184 Å². The van der Waals surface area contributed by atoms with Crippen molar-refractivity contribution < 1.29 is 19.7 Å². The summed E-state index contributed by atoms with van der Waals surface area (Å²) >= 11 is 6.14. The molecule has 4 rings (SSSR count). The highest BCUT2D eigenvalue weighted by molar-refractivity contribution is 6.32. The van der Waals surface area contributed by atoms with Crippen LogP contribution in [-0.2, 0) is 4.79 Å². The molecule has 0 bridgehead atoms. The molecule has 0 aliphatic carbocycles. The van der Waals surface area contributed by atoms with Crippen LogP contribution in [0.2, 0.25) is 5.02 Å². The van der Waals surface area contributed by atoms with Crippen molar-refractivity contribution in [3.63, 3.8) is 0 Å². The summed E-state index contributed by atoms with van der Waals surface area (Å²) in [5, 5.41) is 20.8. The van der Waals surface area contributed by atoms with E-state index in [-0.39, 0.29) is 17.2 Å². The van der Waals surface area contributed by atoms with E-state index >= 15 is 0 Å². The third-order valence-corrected chi connectivity index (χ3v) is 5.14. The van der Waals surface area contributed by atoms with Crippen LogP contribution in [0.3, 0.4) is 0 Å². The van der Waals surface area contributed by atoms with Crippen molar-refractivity contribution in [1.29, 1.82) is 0 Å². The van der Waals surface area contributed by atoms with Crippen molar-refractivity contribution in [2.24, 2.45) is 0 Å². The van der Waals surface area contributed by atoms with Crippen LogP contribution in [0, 0.1) is 0 Å². The van der Waals surface area contributed by atoms with E-state index in [0.29, 0.717) is 11.5 Å². The maximum atomic E-state index is 10.6. The van der Waals surface area contributed by atoms with Crippen molar-refractivity contribution in [1.82, 2.24) is 0 Å². The molecule has 0 aliphatic heterocycles.